The molecule has 0 aliphatic heterocycles. The molecule has 176 valence electrons. The lowest BCUT2D eigenvalue weighted by Crippen LogP contribution is -2.38. The predicted octanol–water partition coefficient (Wildman–Crippen LogP) is 4.16. The number of halogens is 2. The van der Waals surface area contributed by atoms with E-state index in [-0.39, 0.29) is 30.8 Å². The van der Waals surface area contributed by atoms with Gasteiger partial charge in [-0.05, 0) is 41.8 Å². The van der Waals surface area contributed by atoms with Gasteiger partial charge < -0.3 is 10.1 Å². The molecule has 3 aromatic rings. The molecule has 1 atom stereocenters. The van der Waals surface area contributed by atoms with Gasteiger partial charge in [0.1, 0.15) is 24.0 Å². The molecule has 0 spiro atoms. The van der Waals surface area contributed by atoms with Gasteiger partial charge in [0.25, 0.3) is 0 Å². The van der Waals surface area contributed by atoms with E-state index < -0.39 is 10.0 Å². The Hall–Kier alpha value is -2.81. The number of hydrogen-bond acceptors (Lipinski definition) is 4. The molecule has 1 unspecified atom stereocenters. The molecule has 0 radical (unpaired) electrons. The minimum Gasteiger partial charge on any atom is -0.489 e. The molecule has 0 aromatic heterocycles. The Morgan fingerprint density at radius 3 is 2.18 bits per heavy atom. The summed E-state index contributed by atoms with van der Waals surface area (Å²) in [6, 6.07) is 18.5. The van der Waals surface area contributed by atoms with Crippen LogP contribution in [0.25, 0.3) is 0 Å². The Bertz CT molecular complexity index is 1190. The summed E-state index contributed by atoms with van der Waals surface area (Å²) < 4.78 is 59.2. The van der Waals surface area contributed by atoms with E-state index in [0.717, 1.165) is 17.4 Å². The Labute approximate surface area is 193 Å². The highest BCUT2D eigenvalue weighted by Crippen LogP contribution is 2.26. The lowest BCUT2D eigenvalue weighted by Gasteiger charge is -2.17. The van der Waals surface area contributed by atoms with Crippen molar-refractivity contribution in [1.29, 1.82) is 0 Å². The highest BCUT2D eigenvalue weighted by molar-refractivity contribution is 7.88. The molecule has 33 heavy (non-hydrogen) atoms. The van der Waals surface area contributed by atoms with Gasteiger partial charge in [0, 0.05) is 31.1 Å². The van der Waals surface area contributed by atoms with E-state index in [1.54, 1.807) is 42.5 Å². The fourth-order valence-corrected chi connectivity index (χ4v) is 3.83. The van der Waals surface area contributed by atoms with Crippen molar-refractivity contribution >= 4 is 10.0 Å². The van der Waals surface area contributed by atoms with Gasteiger partial charge in [-0.25, -0.2) is 21.9 Å². The summed E-state index contributed by atoms with van der Waals surface area (Å²) in [7, 11) is -3.25. The highest BCUT2D eigenvalue weighted by Gasteiger charge is 2.12. The van der Waals surface area contributed by atoms with Crippen LogP contribution in [0, 0.1) is 11.6 Å². The summed E-state index contributed by atoms with van der Waals surface area (Å²) in [6.45, 7) is 2.70. The lowest BCUT2D eigenvalue weighted by atomic mass is 10.0. The summed E-state index contributed by atoms with van der Waals surface area (Å²) in [6.07, 6.45) is 1.44. The normalized spacial score (nSPS) is 12.5. The van der Waals surface area contributed by atoms with Crippen LogP contribution in [-0.4, -0.2) is 27.3 Å². The summed E-state index contributed by atoms with van der Waals surface area (Å²) >= 11 is 0. The molecular formula is C25H28F2N2O3S. The summed E-state index contributed by atoms with van der Waals surface area (Å²) in [5, 5.41) is 3.27. The van der Waals surface area contributed by atoms with E-state index in [1.807, 2.05) is 19.1 Å². The Morgan fingerprint density at radius 2 is 1.55 bits per heavy atom. The van der Waals surface area contributed by atoms with Crippen LogP contribution in [0.2, 0.25) is 0 Å². The van der Waals surface area contributed by atoms with Gasteiger partial charge in [0.2, 0.25) is 10.0 Å². The van der Waals surface area contributed by atoms with Crippen molar-refractivity contribution in [2.24, 2.45) is 0 Å². The van der Waals surface area contributed by atoms with E-state index in [2.05, 4.69) is 10.0 Å². The molecule has 0 bridgehead atoms. The van der Waals surface area contributed by atoms with Gasteiger partial charge in [0.05, 0.1) is 6.26 Å². The second-order valence-corrected chi connectivity index (χ2v) is 9.83. The van der Waals surface area contributed by atoms with Crippen molar-refractivity contribution in [3.05, 3.63) is 101 Å². The first-order chi connectivity index (χ1) is 15.7. The zero-order chi connectivity index (χ0) is 23.8. The minimum absolute atomic E-state index is 0.0583. The van der Waals surface area contributed by atoms with Gasteiger partial charge in [-0.1, -0.05) is 48.5 Å². The molecule has 0 saturated carbocycles. The van der Waals surface area contributed by atoms with E-state index in [1.165, 1.54) is 12.1 Å². The quantitative estimate of drug-likeness (QED) is 0.438. The largest absolute Gasteiger partial charge is 0.489 e. The van der Waals surface area contributed by atoms with E-state index in [0.29, 0.717) is 29.8 Å². The summed E-state index contributed by atoms with van der Waals surface area (Å²) in [4.78, 5) is 0. The Morgan fingerprint density at radius 1 is 0.909 bits per heavy atom. The smallest absolute Gasteiger partial charge is 0.208 e. The van der Waals surface area contributed by atoms with Crippen LogP contribution in [0.15, 0.2) is 66.7 Å². The van der Waals surface area contributed by atoms with Crippen LogP contribution in [0.4, 0.5) is 8.78 Å². The third-order valence-electron chi connectivity index (χ3n) is 5.11. The van der Waals surface area contributed by atoms with Crippen LogP contribution < -0.4 is 14.8 Å². The lowest BCUT2D eigenvalue weighted by molar-refractivity contribution is 0.297. The van der Waals surface area contributed by atoms with Gasteiger partial charge >= 0.3 is 0 Å². The van der Waals surface area contributed by atoms with Crippen LogP contribution in [0.5, 0.6) is 5.75 Å². The molecule has 3 rings (SSSR count). The number of rotatable bonds is 11. The zero-order valence-electron chi connectivity index (χ0n) is 18.6. The van der Waals surface area contributed by atoms with E-state index in [4.69, 9.17) is 4.74 Å². The maximum absolute atomic E-state index is 14.3. The molecule has 0 fully saturated rings. The van der Waals surface area contributed by atoms with Crippen LogP contribution in [-0.2, 0) is 29.6 Å². The van der Waals surface area contributed by atoms with Crippen molar-refractivity contribution < 1.29 is 21.9 Å². The average molecular weight is 475 g/mol. The highest BCUT2D eigenvalue weighted by atomic mass is 32.2. The standard InChI is InChI=1S/C25H28F2N2O3S/c1-18(15-29-33(2,30)31)28-16-19-11-12-25(32-17-21-8-4-6-10-24(21)27)22(13-19)14-20-7-3-5-9-23(20)26/h3-13,18,28-29H,14-17H2,1-2H3. The van der Waals surface area contributed by atoms with Crippen molar-refractivity contribution in [1.82, 2.24) is 10.0 Å². The number of nitrogens with one attached hydrogen (secondary N) is 2. The fraction of sp³-hybridized carbons (Fsp3) is 0.280. The van der Waals surface area contributed by atoms with Gasteiger partial charge in [-0.15, -0.1) is 0 Å². The molecule has 0 heterocycles. The predicted molar refractivity (Wildman–Crippen MR) is 126 cm³/mol. The van der Waals surface area contributed by atoms with E-state index in [9.17, 15) is 17.2 Å². The molecule has 2 N–H and O–H groups in total. The van der Waals surface area contributed by atoms with Crippen molar-refractivity contribution in [3.8, 4) is 5.75 Å². The Kier molecular flexibility index (Phi) is 8.55. The molecule has 0 aliphatic rings. The molecule has 8 heteroatoms. The average Bonchev–Trinajstić information content (AvgIpc) is 2.77. The van der Waals surface area contributed by atoms with Crippen LogP contribution >= 0.6 is 0 Å². The van der Waals surface area contributed by atoms with Crippen molar-refractivity contribution in [2.75, 3.05) is 12.8 Å². The number of benzene rings is 3. The van der Waals surface area contributed by atoms with Gasteiger partial charge in [-0.3, -0.25) is 0 Å². The topological polar surface area (TPSA) is 67.4 Å². The third-order valence-corrected chi connectivity index (χ3v) is 5.80. The van der Waals surface area contributed by atoms with E-state index >= 15 is 0 Å². The molecule has 0 aliphatic carbocycles. The molecule has 3 aromatic carbocycles. The molecule has 5 nitrogen and oxygen atoms in total. The molecule has 0 amide bonds. The minimum atomic E-state index is -3.25. The summed E-state index contributed by atoms with van der Waals surface area (Å²) in [5.41, 5.74) is 2.68. The van der Waals surface area contributed by atoms with Crippen molar-refractivity contribution in [2.45, 2.75) is 32.5 Å². The second kappa shape index (κ2) is 11.4. The number of hydrogen-bond donors (Lipinski definition) is 2. The maximum Gasteiger partial charge on any atom is 0.208 e. The Balaban J connectivity index is 1.76. The number of sulfonamides is 1. The summed E-state index contributed by atoms with van der Waals surface area (Å²) in [5.74, 6) is -0.0933. The molecular weight excluding hydrogens is 446 g/mol. The first-order valence-corrected chi connectivity index (χ1v) is 12.5. The first-order valence-electron chi connectivity index (χ1n) is 10.6. The SMILES string of the molecule is CC(CNS(C)(=O)=O)NCc1ccc(OCc2ccccc2F)c(Cc2ccccc2F)c1. The van der Waals surface area contributed by atoms with Gasteiger partial charge in [-0.2, -0.15) is 0 Å². The van der Waals surface area contributed by atoms with Crippen LogP contribution in [0.3, 0.4) is 0 Å². The van der Waals surface area contributed by atoms with Gasteiger partial charge in [0.15, 0.2) is 0 Å². The third kappa shape index (κ3) is 7.92. The first kappa shape index (κ1) is 24.8. The molecule has 0 saturated heterocycles. The maximum atomic E-state index is 14.3. The monoisotopic (exact) mass is 474 g/mol. The zero-order valence-corrected chi connectivity index (χ0v) is 19.5. The second-order valence-electron chi connectivity index (χ2n) is 7.99. The number of ether oxygens (including phenoxy) is 1. The van der Waals surface area contributed by atoms with Crippen molar-refractivity contribution in [3.63, 3.8) is 0 Å². The van der Waals surface area contributed by atoms with Crippen LogP contribution in [0.1, 0.15) is 29.2 Å². The fourth-order valence-electron chi connectivity index (χ4n) is 3.28.